The first-order valence-corrected chi connectivity index (χ1v) is 3.73. The summed E-state index contributed by atoms with van der Waals surface area (Å²) in [6.07, 6.45) is 0.832. The molecule has 6 heteroatoms. The van der Waals surface area contributed by atoms with Crippen molar-refractivity contribution in [2.75, 3.05) is 13.1 Å². The van der Waals surface area contributed by atoms with Crippen molar-refractivity contribution in [1.29, 1.82) is 0 Å². The van der Waals surface area contributed by atoms with E-state index in [2.05, 4.69) is 15.5 Å². The van der Waals surface area contributed by atoms with Gasteiger partial charge in [-0.25, -0.2) is 9.89 Å². The summed E-state index contributed by atoms with van der Waals surface area (Å²) in [5, 5.41) is 9.53. The van der Waals surface area contributed by atoms with E-state index in [9.17, 15) is 4.79 Å². The Hall–Kier alpha value is -0.810. The van der Waals surface area contributed by atoms with Gasteiger partial charge in [-0.3, -0.25) is 4.57 Å². The van der Waals surface area contributed by atoms with Crippen molar-refractivity contribution in [1.82, 2.24) is 20.1 Å². The van der Waals surface area contributed by atoms with Crippen molar-refractivity contribution in [3.05, 3.63) is 16.3 Å². The molecule has 0 bridgehead atoms. The Morgan fingerprint density at radius 2 is 2.25 bits per heavy atom. The van der Waals surface area contributed by atoms with Crippen LogP contribution in [0.2, 0.25) is 0 Å². The first-order chi connectivity index (χ1) is 5.38. The van der Waals surface area contributed by atoms with Crippen LogP contribution in [0.15, 0.2) is 4.79 Å². The van der Waals surface area contributed by atoms with Crippen molar-refractivity contribution in [2.45, 2.75) is 13.0 Å². The first kappa shape index (κ1) is 9.28. The van der Waals surface area contributed by atoms with E-state index in [-0.39, 0.29) is 18.1 Å². The lowest BCUT2D eigenvalue weighted by Crippen LogP contribution is -2.22. The van der Waals surface area contributed by atoms with Crippen molar-refractivity contribution in [3.63, 3.8) is 0 Å². The fourth-order valence-electron chi connectivity index (χ4n) is 1.29. The summed E-state index contributed by atoms with van der Waals surface area (Å²) in [5.41, 5.74) is -0.0938. The zero-order chi connectivity index (χ0) is 7.68. The highest BCUT2D eigenvalue weighted by Gasteiger charge is 2.09. The molecular formula is C6H11ClN4O. The predicted molar refractivity (Wildman–Crippen MR) is 46.7 cm³/mol. The van der Waals surface area contributed by atoms with Gasteiger partial charge in [0.2, 0.25) is 0 Å². The van der Waals surface area contributed by atoms with Gasteiger partial charge in [0.15, 0.2) is 0 Å². The molecule has 0 amide bonds. The topological polar surface area (TPSA) is 62.7 Å². The third-order valence-electron chi connectivity index (χ3n) is 1.87. The number of hydrogen-bond acceptors (Lipinski definition) is 3. The number of fused-ring (bicyclic) bond motifs is 1. The van der Waals surface area contributed by atoms with Gasteiger partial charge < -0.3 is 5.32 Å². The Labute approximate surface area is 75.6 Å². The molecule has 5 nitrogen and oxygen atoms in total. The van der Waals surface area contributed by atoms with Gasteiger partial charge in [0.25, 0.3) is 0 Å². The van der Waals surface area contributed by atoms with E-state index in [1.807, 2.05) is 0 Å². The van der Waals surface area contributed by atoms with Crippen LogP contribution in [0.3, 0.4) is 0 Å². The lowest BCUT2D eigenvalue weighted by molar-refractivity contribution is 0.629. The number of hydrogen-bond donors (Lipinski definition) is 2. The van der Waals surface area contributed by atoms with E-state index in [4.69, 9.17) is 0 Å². The second kappa shape index (κ2) is 3.73. The molecule has 0 unspecified atom stereocenters. The molecule has 0 saturated heterocycles. The minimum atomic E-state index is -0.0938. The van der Waals surface area contributed by atoms with E-state index in [0.717, 1.165) is 31.9 Å². The monoisotopic (exact) mass is 190 g/mol. The van der Waals surface area contributed by atoms with Crippen molar-refractivity contribution in [3.8, 4) is 0 Å². The molecule has 0 spiro atoms. The Balaban J connectivity index is 0.000000720. The van der Waals surface area contributed by atoms with Gasteiger partial charge in [-0.15, -0.1) is 12.4 Å². The molecule has 1 aromatic rings. The Kier molecular flexibility index (Phi) is 2.88. The van der Waals surface area contributed by atoms with Gasteiger partial charge in [0.05, 0.1) is 0 Å². The molecule has 1 aliphatic rings. The minimum Gasteiger partial charge on any atom is -0.315 e. The zero-order valence-corrected chi connectivity index (χ0v) is 7.36. The highest BCUT2D eigenvalue weighted by atomic mass is 35.5. The molecule has 1 aromatic heterocycles. The number of H-pyrrole nitrogens is 1. The fourth-order valence-corrected chi connectivity index (χ4v) is 1.29. The Morgan fingerprint density at radius 3 is 3.08 bits per heavy atom. The molecule has 1 aliphatic heterocycles. The molecule has 0 aliphatic carbocycles. The average Bonchev–Trinajstić information content (AvgIpc) is 2.25. The standard InChI is InChI=1S/C6H10N4O.ClH/c11-6-9-8-5-1-2-7-3-4-10(5)6;/h7H,1-4H2,(H,9,11);1H. The smallest absolute Gasteiger partial charge is 0.315 e. The number of nitrogens with zero attached hydrogens (tertiary/aromatic N) is 2. The van der Waals surface area contributed by atoms with Crippen molar-refractivity contribution < 1.29 is 0 Å². The molecule has 0 radical (unpaired) electrons. The lowest BCUT2D eigenvalue weighted by atomic mass is 10.4. The predicted octanol–water partition coefficient (Wildman–Crippen LogP) is -0.861. The van der Waals surface area contributed by atoms with E-state index in [0.29, 0.717) is 0 Å². The lowest BCUT2D eigenvalue weighted by Gasteiger charge is -1.96. The number of aromatic amines is 1. The highest BCUT2D eigenvalue weighted by Crippen LogP contribution is 1.94. The van der Waals surface area contributed by atoms with Crippen LogP contribution in [0.4, 0.5) is 0 Å². The largest absolute Gasteiger partial charge is 0.343 e. The summed E-state index contributed by atoms with van der Waals surface area (Å²) in [5.74, 6) is 0.861. The van der Waals surface area contributed by atoms with Gasteiger partial charge in [0, 0.05) is 26.1 Å². The molecule has 0 fully saturated rings. The molecule has 12 heavy (non-hydrogen) atoms. The van der Waals surface area contributed by atoms with E-state index in [1.165, 1.54) is 0 Å². The second-order valence-corrected chi connectivity index (χ2v) is 2.60. The third kappa shape index (κ3) is 1.51. The number of halogens is 1. The fraction of sp³-hybridized carbons (Fsp3) is 0.667. The van der Waals surface area contributed by atoms with Crippen LogP contribution in [0.25, 0.3) is 0 Å². The maximum absolute atomic E-state index is 11.0. The minimum absolute atomic E-state index is 0. The highest BCUT2D eigenvalue weighted by molar-refractivity contribution is 5.85. The summed E-state index contributed by atoms with van der Waals surface area (Å²) in [6, 6.07) is 0. The van der Waals surface area contributed by atoms with Crippen LogP contribution >= 0.6 is 12.4 Å². The van der Waals surface area contributed by atoms with Gasteiger partial charge >= 0.3 is 5.69 Å². The zero-order valence-electron chi connectivity index (χ0n) is 6.54. The van der Waals surface area contributed by atoms with Gasteiger partial charge in [0.1, 0.15) is 5.82 Å². The molecule has 0 atom stereocenters. The summed E-state index contributed by atoms with van der Waals surface area (Å²) in [4.78, 5) is 11.0. The molecule has 2 N–H and O–H groups in total. The molecule has 2 rings (SSSR count). The van der Waals surface area contributed by atoms with E-state index >= 15 is 0 Å². The van der Waals surface area contributed by atoms with Crippen LogP contribution in [0.1, 0.15) is 5.82 Å². The van der Waals surface area contributed by atoms with Crippen LogP contribution in [-0.4, -0.2) is 27.9 Å². The summed E-state index contributed by atoms with van der Waals surface area (Å²) >= 11 is 0. The van der Waals surface area contributed by atoms with Crippen LogP contribution in [-0.2, 0) is 13.0 Å². The molecule has 2 heterocycles. The first-order valence-electron chi connectivity index (χ1n) is 3.73. The maximum Gasteiger partial charge on any atom is 0.343 e. The molecule has 68 valence electrons. The summed E-state index contributed by atoms with van der Waals surface area (Å²) < 4.78 is 1.68. The SMILES string of the molecule is Cl.O=c1[nH]nc2n1CCNCC2. The van der Waals surface area contributed by atoms with Crippen LogP contribution in [0.5, 0.6) is 0 Å². The molecular weight excluding hydrogens is 180 g/mol. The summed E-state index contributed by atoms with van der Waals surface area (Å²) in [7, 11) is 0. The van der Waals surface area contributed by atoms with Crippen molar-refractivity contribution in [2.24, 2.45) is 0 Å². The van der Waals surface area contributed by atoms with Gasteiger partial charge in [-0.1, -0.05) is 0 Å². The van der Waals surface area contributed by atoms with Crippen LogP contribution in [0, 0.1) is 0 Å². The Bertz CT molecular complexity index is 305. The van der Waals surface area contributed by atoms with Crippen LogP contribution < -0.4 is 11.0 Å². The maximum atomic E-state index is 11.0. The number of nitrogens with one attached hydrogen (secondary N) is 2. The average molecular weight is 191 g/mol. The second-order valence-electron chi connectivity index (χ2n) is 2.60. The van der Waals surface area contributed by atoms with Gasteiger partial charge in [-0.05, 0) is 0 Å². The van der Waals surface area contributed by atoms with E-state index < -0.39 is 0 Å². The van der Waals surface area contributed by atoms with E-state index in [1.54, 1.807) is 4.57 Å². The summed E-state index contributed by atoms with van der Waals surface area (Å²) in [6.45, 7) is 2.49. The normalized spacial score (nSPS) is 16.0. The quantitative estimate of drug-likeness (QED) is 0.560. The molecule has 0 saturated carbocycles. The number of aromatic nitrogens is 3. The third-order valence-corrected chi connectivity index (χ3v) is 1.87. The molecule has 0 aromatic carbocycles. The van der Waals surface area contributed by atoms with Gasteiger partial charge in [-0.2, -0.15) is 5.10 Å². The van der Waals surface area contributed by atoms with Crippen molar-refractivity contribution >= 4 is 12.4 Å². The Morgan fingerprint density at radius 1 is 1.42 bits per heavy atom. The number of rotatable bonds is 0.